The number of carbonyl (C=O) groups is 16. The zero-order valence-electron chi connectivity index (χ0n) is 84.8. The summed E-state index contributed by atoms with van der Waals surface area (Å²) in [4.78, 5) is 201. The number of hydrogen-bond donors (Lipinski definition) is 15. The lowest BCUT2D eigenvalue weighted by atomic mass is 9.95. The first-order chi connectivity index (χ1) is 68.3. The second kappa shape index (κ2) is 87.9. The number of nitrogens with one attached hydrogen (secondary N) is 10. The topological polar surface area (TPSA) is 575 Å². The van der Waals surface area contributed by atoms with Crippen molar-refractivity contribution in [2.24, 2.45) is 11.8 Å². The molecule has 0 aliphatic carbocycles. The Balaban J connectivity index is 1.48. The summed E-state index contributed by atoms with van der Waals surface area (Å²) in [6.07, 6.45) is 42.1. The Morgan fingerprint density at radius 1 is 0.305 bits per heavy atom. The SMILES string of the molecule is CN[C@@](C=O)(CO)CCCCNC(=O)[C@H](CCCCNC(=O)COCCOCCNC(=O)COCCOCCNC(=O)CC[C@H](NC(=O)C1CCN(C(=O)CCCCCCCCCCCCCCCCCCC(=O)O)CC1)C(=O)O)NC(=O)COCCOCCNC(=O)COCCOCCNC(=O)CC[C@H](NC(=O)C1CCN(C(=O)CCCCCCCCCCCCCCCCCCC(=O)O)CC1)C(=O)O. The molecule has 0 aromatic carbocycles. The smallest absolute Gasteiger partial charge is 0.326 e. The standard InChI is InChI=1S/C100H178N12O29/c1-101-100(78-113,79-114)51-35-37-53-107-97(129)82(108-90(120)77-141-73-69-137-65-57-106-89(119)76-140-72-67-135-63-55-104-86(116)46-44-84(99(132)133)110-96(128)81-49-60-112(61-50-81)92(122)40-31-27-23-19-15-11-7-3-5-9-13-17-21-25-29-33-42-94(125)126)38-34-36-52-102-87(117)74-138-70-68-136-64-56-105-88(118)75-139-71-66-134-62-54-103-85(115)45-43-83(98(130)131)109-95(127)80-47-58-111(59-48-80)91(121)39-30-26-22-18-14-10-6-2-4-8-12-16-20-24-28-32-41-93(123)124/h78,80-84,101,114H,2-77,79H2,1H3,(H,102,117)(H,103,115)(H,104,116)(H,105,118)(H,106,119)(H,107,129)(H,108,120)(H,109,127)(H,110,128)(H,123,124)(H,125,126)(H,130,131)(H,132,133)/t82-,83-,84-,100-/m0/s1. The number of nitrogens with zero attached hydrogens (tertiary/aromatic N) is 2. The second-order valence-electron chi connectivity index (χ2n) is 36.7. The Morgan fingerprint density at radius 3 is 0.894 bits per heavy atom. The summed E-state index contributed by atoms with van der Waals surface area (Å²) in [5, 5.41) is 73.7. The molecular weight excluding hydrogens is 1830 g/mol. The molecule has 0 unspecified atom stereocenters. The van der Waals surface area contributed by atoms with Crippen LogP contribution in [-0.4, -0.2) is 339 Å². The molecule has 4 atom stereocenters. The lowest BCUT2D eigenvalue weighted by Gasteiger charge is -2.32. The summed E-state index contributed by atoms with van der Waals surface area (Å²) in [6, 6.07) is -3.47. The van der Waals surface area contributed by atoms with E-state index in [-0.39, 0.29) is 214 Å². The largest absolute Gasteiger partial charge is 0.481 e. The van der Waals surface area contributed by atoms with Gasteiger partial charge in [0.15, 0.2) is 0 Å². The third-order valence-electron chi connectivity index (χ3n) is 25.0. The highest BCUT2D eigenvalue weighted by atomic mass is 16.5. The van der Waals surface area contributed by atoms with Crippen molar-refractivity contribution in [2.45, 2.75) is 345 Å². The van der Waals surface area contributed by atoms with Gasteiger partial charge in [0.05, 0.1) is 91.4 Å². The van der Waals surface area contributed by atoms with E-state index in [2.05, 4.69) is 53.2 Å². The monoisotopic (exact) mass is 2010 g/mol. The third kappa shape index (κ3) is 73.1. The number of carboxylic acid groups (broad SMARTS) is 4. The van der Waals surface area contributed by atoms with Gasteiger partial charge in [-0.15, -0.1) is 0 Å². The number of piperidine rings is 2. The van der Waals surface area contributed by atoms with Gasteiger partial charge in [0.25, 0.3) is 0 Å². The Labute approximate surface area is 835 Å². The molecule has 0 aromatic heterocycles. The zero-order valence-corrected chi connectivity index (χ0v) is 84.8. The second-order valence-corrected chi connectivity index (χ2v) is 36.7. The number of carbonyl (C=O) groups excluding carboxylic acids is 12. The van der Waals surface area contributed by atoms with Crippen LogP contribution < -0.4 is 53.2 Å². The van der Waals surface area contributed by atoms with E-state index in [0.29, 0.717) is 103 Å². The summed E-state index contributed by atoms with van der Waals surface area (Å²) >= 11 is 0. The molecule has 2 heterocycles. The molecule has 2 aliphatic heterocycles. The highest BCUT2D eigenvalue weighted by Gasteiger charge is 2.34. The summed E-state index contributed by atoms with van der Waals surface area (Å²) in [6.45, 7) is 2.56. The van der Waals surface area contributed by atoms with Crippen LogP contribution in [0.5, 0.6) is 0 Å². The summed E-state index contributed by atoms with van der Waals surface area (Å²) in [7, 11) is 1.57. The van der Waals surface area contributed by atoms with Crippen LogP contribution in [0, 0.1) is 11.8 Å². The van der Waals surface area contributed by atoms with E-state index in [4.69, 9.17) is 48.1 Å². The maximum Gasteiger partial charge on any atom is 0.326 e. The number of aliphatic hydroxyl groups excluding tert-OH is 1. The molecule has 812 valence electrons. The van der Waals surface area contributed by atoms with Crippen LogP contribution in [0.25, 0.3) is 0 Å². The van der Waals surface area contributed by atoms with Crippen LogP contribution in [0.2, 0.25) is 0 Å². The maximum atomic E-state index is 13.4. The molecule has 2 fully saturated rings. The first kappa shape index (κ1) is 128. The molecule has 41 heteroatoms. The highest BCUT2D eigenvalue weighted by molar-refractivity contribution is 5.89. The summed E-state index contributed by atoms with van der Waals surface area (Å²) in [5.41, 5.74) is -1.09. The van der Waals surface area contributed by atoms with Gasteiger partial charge >= 0.3 is 23.9 Å². The quantitative estimate of drug-likeness (QED) is 0.0212. The molecule has 0 bridgehead atoms. The summed E-state index contributed by atoms with van der Waals surface area (Å²) < 4.78 is 43.5. The molecule has 2 saturated heterocycles. The van der Waals surface area contributed by atoms with Crippen molar-refractivity contribution >= 4 is 95.1 Å². The minimum Gasteiger partial charge on any atom is -0.481 e. The number of carboxylic acids is 4. The van der Waals surface area contributed by atoms with Crippen LogP contribution in [-0.2, 0) is 115 Å². The van der Waals surface area contributed by atoms with E-state index in [1.165, 1.54) is 122 Å². The van der Waals surface area contributed by atoms with Crippen molar-refractivity contribution in [3.8, 4) is 0 Å². The van der Waals surface area contributed by atoms with Crippen molar-refractivity contribution in [3.05, 3.63) is 0 Å². The molecule has 41 nitrogen and oxygen atoms in total. The van der Waals surface area contributed by atoms with E-state index in [0.717, 1.165) is 83.5 Å². The summed E-state index contributed by atoms with van der Waals surface area (Å²) in [5.74, 6) is -8.49. The molecule has 0 saturated carbocycles. The van der Waals surface area contributed by atoms with Gasteiger partial charge in [-0.25, -0.2) is 9.59 Å². The van der Waals surface area contributed by atoms with Crippen LogP contribution in [0.3, 0.4) is 0 Å². The van der Waals surface area contributed by atoms with Crippen molar-refractivity contribution in [3.63, 3.8) is 0 Å². The predicted molar refractivity (Wildman–Crippen MR) is 527 cm³/mol. The van der Waals surface area contributed by atoms with Gasteiger partial charge in [-0.2, -0.15) is 0 Å². The van der Waals surface area contributed by atoms with E-state index >= 15 is 0 Å². The van der Waals surface area contributed by atoms with Crippen LogP contribution in [0.1, 0.15) is 321 Å². The fraction of sp³-hybridized carbons (Fsp3) is 0.840. The fourth-order valence-corrected chi connectivity index (χ4v) is 16.3. The molecule has 15 N–H and O–H groups in total. The molecule has 0 spiro atoms. The number of amides is 11. The first-order valence-electron chi connectivity index (χ1n) is 52.7. The van der Waals surface area contributed by atoms with Crippen molar-refractivity contribution in [1.29, 1.82) is 0 Å². The van der Waals surface area contributed by atoms with Gasteiger partial charge in [-0.3, -0.25) is 62.3 Å². The van der Waals surface area contributed by atoms with Gasteiger partial charge in [0.1, 0.15) is 50.8 Å². The fourth-order valence-electron chi connectivity index (χ4n) is 16.3. The number of rotatable bonds is 97. The van der Waals surface area contributed by atoms with Gasteiger partial charge in [-0.05, 0) is 110 Å². The maximum absolute atomic E-state index is 13.4. The third-order valence-corrected chi connectivity index (χ3v) is 25.0. The minimum atomic E-state index is -1.26. The first-order valence-corrected chi connectivity index (χ1v) is 52.7. The number of aliphatic hydroxyl groups is 1. The Morgan fingerprint density at radius 2 is 0.589 bits per heavy atom. The number of likely N-dealkylation sites (tertiary alicyclic amines) is 2. The Kier molecular flexibility index (Phi) is 80.0. The molecule has 11 amide bonds. The number of likely N-dealkylation sites (N-methyl/N-ethyl adjacent to an activating group) is 1. The van der Waals surface area contributed by atoms with Crippen LogP contribution in [0.15, 0.2) is 0 Å². The normalized spacial score (nSPS) is 13.9. The number of hydrogen-bond acceptors (Lipinski definition) is 26. The van der Waals surface area contributed by atoms with E-state index in [1.54, 1.807) is 16.8 Å². The van der Waals surface area contributed by atoms with Crippen LogP contribution >= 0.6 is 0 Å². The number of aldehydes is 1. The minimum absolute atomic E-state index is 0.0175. The molecule has 0 aromatic rings. The Hall–Kier alpha value is -8.68. The van der Waals surface area contributed by atoms with Gasteiger partial charge in [0.2, 0.25) is 65.0 Å². The zero-order chi connectivity index (χ0) is 103. The number of unbranched alkanes of at least 4 members (excludes halogenated alkanes) is 32. The molecule has 0 radical (unpaired) electrons. The van der Waals surface area contributed by atoms with Gasteiger partial charge in [0, 0.05) is 116 Å². The van der Waals surface area contributed by atoms with Crippen molar-refractivity contribution in [2.75, 3.05) is 185 Å². The van der Waals surface area contributed by atoms with Crippen molar-refractivity contribution < 1.29 is 140 Å². The predicted octanol–water partition coefficient (Wildman–Crippen LogP) is 7.18. The van der Waals surface area contributed by atoms with Gasteiger partial charge < -0.3 is 131 Å². The van der Waals surface area contributed by atoms with E-state index < -0.39 is 107 Å². The van der Waals surface area contributed by atoms with E-state index in [1.807, 2.05) is 0 Å². The average Bonchev–Trinajstić information content (AvgIpc) is 0.863. The average molecular weight is 2010 g/mol. The number of ether oxygens (including phenoxy) is 8. The van der Waals surface area contributed by atoms with Crippen molar-refractivity contribution in [1.82, 2.24) is 63.0 Å². The molecule has 2 rings (SSSR count). The van der Waals surface area contributed by atoms with E-state index in [9.17, 15) is 92.0 Å². The molecular formula is C100H178N12O29. The lowest BCUT2D eigenvalue weighted by molar-refractivity contribution is -0.144. The lowest BCUT2D eigenvalue weighted by Crippen LogP contribution is -2.49. The van der Waals surface area contributed by atoms with Gasteiger partial charge in [-0.1, -0.05) is 180 Å². The Bertz CT molecular complexity index is 3410. The molecule has 2 aliphatic rings. The number of aliphatic carboxylic acids is 4. The van der Waals surface area contributed by atoms with Crippen LogP contribution in [0.4, 0.5) is 0 Å². The molecule has 141 heavy (non-hydrogen) atoms. The highest BCUT2D eigenvalue weighted by Crippen LogP contribution is 2.24.